The van der Waals surface area contributed by atoms with Gasteiger partial charge in [-0.15, -0.1) is 0 Å². The van der Waals surface area contributed by atoms with Crippen molar-refractivity contribution in [3.63, 3.8) is 0 Å². The molecule has 2 heteroatoms. The molecular formula is C9H14N2. The summed E-state index contributed by atoms with van der Waals surface area (Å²) in [6.45, 7) is 6.49. The van der Waals surface area contributed by atoms with Crippen LogP contribution in [0.4, 0.5) is 0 Å². The molecule has 0 amide bonds. The van der Waals surface area contributed by atoms with Crippen molar-refractivity contribution in [3.05, 3.63) is 11.6 Å². The molecule has 0 spiro atoms. The minimum absolute atomic E-state index is 0.611. The molecule has 0 unspecified atom stereocenters. The van der Waals surface area contributed by atoms with Gasteiger partial charge in [0.25, 0.3) is 0 Å². The van der Waals surface area contributed by atoms with Crippen molar-refractivity contribution in [2.24, 2.45) is 0 Å². The van der Waals surface area contributed by atoms with Gasteiger partial charge in [0.15, 0.2) is 0 Å². The van der Waals surface area contributed by atoms with Gasteiger partial charge < -0.3 is 0 Å². The van der Waals surface area contributed by atoms with Gasteiger partial charge in [0, 0.05) is 25.2 Å². The summed E-state index contributed by atoms with van der Waals surface area (Å²) in [5, 5.41) is 8.41. The molecule has 0 aliphatic carbocycles. The first-order valence-corrected chi connectivity index (χ1v) is 4.05. The average Bonchev–Trinajstić information content (AvgIpc) is 2.37. The first kappa shape index (κ1) is 8.29. The Labute approximate surface area is 68.1 Å². The first-order valence-electron chi connectivity index (χ1n) is 4.05. The predicted molar refractivity (Wildman–Crippen MR) is 45.0 cm³/mol. The van der Waals surface area contributed by atoms with Crippen molar-refractivity contribution in [2.45, 2.75) is 26.3 Å². The lowest BCUT2D eigenvalue weighted by molar-refractivity contribution is 0.281. The summed E-state index contributed by atoms with van der Waals surface area (Å²) in [4.78, 5) is 2.38. The Morgan fingerprint density at radius 2 is 2.36 bits per heavy atom. The highest BCUT2D eigenvalue weighted by Gasteiger charge is 2.17. The fraction of sp³-hybridized carbons (Fsp3) is 0.667. The van der Waals surface area contributed by atoms with Gasteiger partial charge in [-0.05, 0) is 25.8 Å². The van der Waals surface area contributed by atoms with Crippen LogP contribution in [0.15, 0.2) is 11.6 Å². The Morgan fingerprint density at radius 1 is 1.64 bits per heavy atom. The highest BCUT2D eigenvalue weighted by Crippen LogP contribution is 2.16. The van der Waals surface area contributed by atoms with Gasteiger partial charge in [-0.25, -0.2) is 0 Å². The second-order valence-corrected chi connectivity index (χ2v) is 3.25. The number of nitriles is 1. The average molecular weight is 150 g/mol. The van der Waals surface area contributed by atoms with E-state index >= 15 is 0 Å². The van der Waals surface area contributed by atoms with Crippen molar-refractivity contribution < 1.29 is 0 Å². The predicted octanol–water partition coefficient (Wildman–Crippen LogP) is 1.55. The van der Waals surface area contributed by atoms with Crippen LogP contribution < -0.4 is 0 Å². The van der Waals surface area contributed by atoms with Crippen molar-refractivity contribution in [3.8, 4) is 6.07 Å². The van der Waals surface area contributed by atoms with E-state index in [-0.39, 0.29) is 0 Å². The third-order valence-electron chi connectivity index (χ3n) is 2.13. The maximum Gasteiger partial charge on any atom is 0.0912 e. The SMILES string of the molecule is CC(C)N1CC/C(=C/C#N)C1. The van der Waals surface area contributed by atoms with Crippen LogP contribution in [0.25, 0.3) is 0 Å². The summed E-state index contributed by atoms with van der Waals surface area (Å²) >= 11 is 0. The molecule has 0 radical (unpaired) electrons. The van der Waals surface area contributed by atoms with Crippen LogP contribution in [0.3, 0.4) is 0 Å². The van der Waals surface area contributed by atoms with Gasteiger partial charge in [0.2, 0.25) is 0 Å². The van der Waals surface area contributed by atoms with Crippen LogP contribution in [0, 0.1) is 11.3 Å². The number of hydrogen-bond donors (Lipinski definition) is 0. The summed E-state index contributed by atoms with van der Waals surface area (Å²) < 4.78 is 0. The molecule has 60 valence electrons. The lowest BCUT2D eigenvalue weighted by Crippen LogP contribution is -2.27. The molecule has 0 bridgehead atoms. The third-order valence-corrected chi connectivity index (χ3v) is 2.13. The number of rotatable bonds is 1. The zero-order chi connectivity index (χ0) is 8.27. The minimum Gasteiger partial charge on any atom is -0.297 e. The third kappa shape index (κ3) is 2.06. The van der Waals surface area contributed by atoms with Crippen molar-refractivity contribution in [2.75, 3.05) is 13.1 Å². The summed E-state index contributed by atoms with van der Waals surface area (Å²) in [5.41, 5.74) is 1.28. The van der Waals surface area contributed by atoms with Gasteiger partial charge >= 0.3 is 0 Å². The Balaban J connectivity index is 2.49. The fourth-order valence-corrected chi connectivity index (χ4v) is 1.36. The monoisotopic (exact) mass is 150 g/mol. The Morgan fingerprint density at radius 3 is 2.82 bits per heavy atom. The quantitative estimate of drug-likeness (QED) is 0.530. The standard InChI is InChI=1S/C9H14N2/c1-8(2)11-6-4-9(7-11)3-5-10/h3,8H,4,6-7H2,1-2H3/b9-3-. The molecular weight excluding hydrogens is 136 g/mol. The van der Waals surface area contributed by atoms with Gasteiger partial charge in [0.05, 0.1) is 6.07 Å². The van der Waals surface area contributed by atoms with Crippen molar-refractivity contribution >= 4 is 0 Å². The maximum atomic E-state index is 8.41. The molecule has 1 heterocycles. The van der Waals surface area contributed by atoms with E-state index in [1.165, 1.54) is 5.57 Å². The topological polar surface area (TPSA) is 27.0 Å². The molecule has 0 aromatic heterocycles. The summed E-state index contributed by atoms with van der Waals surface area (Å²) in [6.07, 6.45) is 2.76. The van der Waals surface area contributed by atoms with E-state index in [1.54, 1.807) is 6.08 Å². The van der Waals surface area contributed by atoms with Gasteiger partial charge in [-0.3, -0.25) is 4.90 Å². The number of likely N-dealkylation sites (tertiary alicyclic amines) is 1. The molecule has 0 N–H and O–H groups in total. The van der Waals surface area contributed by atoms with Crippen LogP contribution in [-0.2, 0) is 0 Å². The fourth-order valence-electron chi connectivity index (χ4n) is 1.36. The van der Waals surface area contributed by atoms with Gasteiger partial charge in [0.1, 0.15) is 0 Å². The molecule has 1 saturated heterocycles. The summed E-state index contributed by atoms with van der Waals surface area (Å²) in [5.74, 6) is 0. The van der Waals surface area contributed by atoms with Crippen molar-refractivity contribution in [1.82, 2.24) is 4.90 Å². The molecule has 11 heavy (non-hydrogen) atoms. The number of hydrogen-bond acceptors (Lipinski definition) is 2. The minimum atomic E-state index is 0.611. The first-order chi connectivity index (χ1) is 5.24. The highest BCUT2D eigenvalue weighted by molar-refractivity contribution is 5.18. The van der Waals surface area contributed by atoms with Crippen LogP contribution in [0.1, 0.15) is 20.3 Å². The van der Waals surface area contributed by atoms with Crippen LogP contribution in [0.2, 0.25) is 0 Å². The number of allylic oxidation sites excluding steroid dienone is 1. The molecule has 1 aliphatic rings. The molecule has 0 saturated carbocycles. The lowest BCUT2D eigenvalue weighted by Gasteiger charge is -2.18. The maximum absolute atomic E-state index is 8.41. The van der Waals surface area contributed by atoms with E-state index in [4.69, 9.17) is 5.26 Å². The van der Waals surface area contributed by atoms with Crippen LogP contribution in [-0.4, -0.2) is 24.0 Å². The normalized spacial score (nSPS) is 22.9. The van der Waals surface area contributed by atoms with E-state index in [0.29, 0.717) is 6.04 Å². The van der Waals surface area contributed by atoms with E-state index in [9.17, 15) is 0 Å². The van der Waals surface area contributed by atoms with Gasteiger partial charge in [-0.1, -0.05) is 0 Å². The summed E-state index contributed by atoms with van der Waals surface area (Å²) in [7, 11) is 0. The summed E-state index contributed by atoms with van der Waals surface area (Å²) in [6, 6.07) is 2.69. The second kappa shape index (κ2) is 3.54. The molecule has 0 aromatic carbocycles. The Kier molecular flexibility index (Phi) is 2.67. The van der Waals surface area contributed by atoms with E-state index in [0.717, 1.165) is 19.5 Å². The molecule has 2 nitrogen and oxygen atoms in total. The molecule has 1 fully saturated rings. The van der Waals surface area contributed by atoms with Crippen LogP contribution in [0.5, 0.6) is 0 Å². The smallest absolute Gasteiger partial charge is 0.0912 e. The molecule has 1 aliphatic heterocycles. The molecule has 0 atom stereocenters. The zero-order valence-electron chi connectivity index (χ0n) is 7.17. The zero-order valence-corrected chi connectivity index (χ0v) is 7.17. The Hall–Kier alpha value is -0.810. The molecule has 0 aromatic rings. The van der Waals surface area contributed by atoms with E-state index in [1.807, 2.05) is 0 Å². The van der Waals surface area contributed by atoms with Crippen molar-refractivity contribution in [1.29, 1.82) is 5.26 Å². The molecule has 1 rings (SSSR count). The Bertz CT molecular complexity index is 198. The van der Waals surface area contributed by atoms with E-state index < -0.39 is 0 Å². The highest BCUT2D eigenvalue weighted by atomic mass is 15.2. The van der Waals surface area contributed by atoms with E-state index in [2.05, 4.69) is 24.8 Å². The lowest BCUT2D eigenvalue weighted by atomic mass is 10.2. The largest absolute Gasteiger partial charge is 0.297 e. The van der Waals surface area contributed by atoms with Gasteiger partial charge in [-0.2, -0.15) is 5.26 Å². The van der Waals surface area contributed by atoms with Crippen LogP contribution >= 0.6 is 0 Å². The number of nitrogens with zero attached hydrogens (tertiary/aromatic N) is 2. The second-order valence-electron chi connectivity index (χ2n) is 3.25.